The van der Waals surface area contributed by atoms with E-state index in [-0.39, 0.29) is 10.8 Å². The topological polar surface area (TPSA) is 84.9 Å². The third-order valence-electron chi connectivity index (χ3n) is 4.88. The van der Waals surface area contributed by atoms with Crippen LogP contribution in [0.5, 0.6) is 11.5 Å². The lowest BCUT2D eigenvalue weighted by Gasteiger charge is -2.15. The van der Waals surface area contributed by atoms with Gasteiger partial charge in [0.1, 0.15) is 18.1 Å². The molecule has 2 aromatic carbocycles. The van der Waals surface area contributed by atoms with Crippen molar-refractivity contribution in [1.29, 1.82) is 0 Å². The first-order valence-corrected chi connectivity index (χ1v) is 12.8. The van der Waals surface area contributed by atoms with Gasteiger partial charge in [-0.2, -0.15) is 4.31 Å². The highest BCUT2D eigenvalue weighted by molar-refractivity contribution is 7.99. The van der Waals surface area contributed by atoms with Gasteiger partial charge in [-0.05, 0) is 54.8 Å². The van der Waals surface area contributed by atoms with Crippen LogP contribution in [0.3, 0.4) is 0 Å². The molecule has 31 heavy (non-hydrogen) atoms. The summed E-state index contributed by atoms with van der Waals surface area (Å²) in [5.74, 6) is 2.46. The summed E-state index contributed by atoms with van der Waals surface area (Å²) in [6.45, 7) is 1.86. The number of amides is 1. The molecule has 0 radical (unpaired) electrons. The molecule has 0 spiro atoms. The van der Waals surface area contributed by atoms with E-state index < -0.39 is 10.0 Å². The third-order valence-corrected chi connectivity index (χ3v) is 7.80. The van der Waals surface area contributed by atoms with Crippen LogP contribution in [-0.2, 0) is 20.6 Å². The number of sulfonamides is 1. The Balaban J connectivity index is 1.33. The maximum atomic E-state index is 12.5. The Labute approximate surface area is 188 Å². The zero-order valence-corrected chi connectivity index (χ0v) is 19.2. The largest absolute Gasteiger partial charge is 0.497 e. The van der Waals surface area contributed by atoms with Crippen molar-refractivity contribution in [1.82, 2.24) is 9.62 Å². The Hall–Kier alpha value is -2.23. The van der Waals surface area contributed by atoms with E-state index in [4.69, 9.17) is 9.47 Å². The van der Waals surface area contributed by atoms with E-state index in [0.717, 1.165) is 29.9 Å². The van der Waals surface area contributed by atoms with E-state index in [1.54, 1.807) is 43.1 Å². The van der Waals surface area contributed by atoms with Crippen LogP contribution in [0.2, 0.25) is 0 Å². The molecule has 1 aliphatic rings. The number of hydrogen-bond donors (Lipinski definition) is 1. The summed E-state index contributed by atoms with van der Waals surface area (Å²) in [4.78, 5) is 12.2. The lowest BCUT2D eigenvalue weighted by molar-refractivity contribution is -0.118. The zero-order valence-electron chi connectivity index (χ0n) is 17.6. The quantitative estimate of drug-likeness (QED) is 0.515. The second-order valence-electron chi connectivity index (χ2n) is 7.12. The Bertz CT molecular complexity index is 941. The first kappa shape index (κ1) is 23.4. The summed E-state index contributed by atoms with van der Waals surface area (Å²) in [6, 6.07) is 14.2. The molecular formula is C22H28N2O5S2. The predicted molar refractivity (Wildman–Crippen MR) is 122 cm³/mol. The molecule has 0 bridgehead atoms. The highest BCUT2D eigenvalue weighted by Gasteiger charge is 2.26. The summed E-state index contributed by atoms with van der Waals surface area (Å²) < 4.78 is 37.3. The van der Waals surface area contributed by atoms with Crippen LogP contribution in [0.4, 0.5) is 0 Å². The van der Waals surface area contributed by atoms with E-state index in [1.165, 1.54) is 4.31 Å². The van der Waals surface area contributed by atoms with Crippen LogP contribution in [0.25, 0.3) is 0 Å². The number of benzene rings is 2. The van der Waals surface area contributed by atoms with Crippen LogP contribution < -0.4 is 14.8 Å². The molecule has 0 aliphatic carbocycles. The van der Waals surface area contributed by atoms with E-state index in [9.17, 15) is 13.2 Å². The minimum Gasteiger partial charge on any atom is -0.497 e. The van der Waals surface area contributed by atoms with Crippen molar-refractivity contribution < 1.29 is 22.7 Å². The Morgan fingerprint density at radius 1 is 1.03 bits per heavy atom. The number of rotatable bonds is 11. The maximum absolute atomic E-state index is 12.5. The molecule has 0 aromatic heterocycles. The number of nitrogens with zero attached hydrogens (tertiary/aromatic N) is 1. The standard InChI is InChI=1S/C22H28N2O5S2/c1-28-19-6-4-18(5-7-19)16-30-17-22(25)23-12-15-29-20-8-10-21(11-9-20)31(26,27)24-13-2-3-14-24/h4-11H,2-3,12-17H2,1H3,(H,23,25). The van der Waals surface area contributed by atoms with Crippen LogP contribution >= 0.6 is 11.8 Å². The van der Waals surface area contributed by atoms with Crippen molar-refractivity contribution in [3.05, 3.63) is 54.1 Å². The van der Waals surface area contributed by atoms with Gasteiger partial charge in [-0.3, -0.25) is 4.79 Å². The molecule has 1 amide bonds. The van der Waals surface area contributed by atoms with Gasteiger partial charge in [0.2, 0.25) is 15.9 Å². The average molecular weight is 465 g/mol. The number of carbonyl (C=O) groups excluding carboxylic acids is 1. The lowest BCUT2D eigenvalue weighted by atomic mass is 10.2. The van der Waals surface area contributed by atoms with Crippen LogP contribution in [0, 0.1) is 0 Å². The number of methoxy groups -OCH3 is 1. The Kier molecular flexibility index (Phi) is 8.62. The first-order valence-electron chi connectivity index (χ1n) is 10.2. The van der Waals surface area contributed by atoms with Crippen LogP contribution in [0.1, 0.15) is 18.4 Å². The van der Waals surface area contributed by atoms with E-state index >= 15 is 0 Å². The van der Waals surface area contributed by atoms with Crippen molar-refractivity contribution in [3.8, 4) is 11.5 Å². The fourth-order valence-corrected chi connectivity index (χ4v) is 5.51. The molecule has 0 atom stereocenters. The molecule has 0 saturated carbocycles. The molecule has 9 heteroatoms. The molecular weight excluding hydrogens is 436 g/mol. The van der Waals surface area contributed by atoms with Gasteiger partial charge in [-0.25, -0.2) is 8.42 Å². The molecule has 0 unspecified atom stereocenters. The summed E-state index contributed by atoms with van der Waals surface area (Å²) in [6.07, 6.45) is 1.82. The van der Waals surface area contributed by atoms with Gasteiger partial charge in [0, 0.05) is 18.8 Å². The molecule has 1 saturated heterocycles. The monoisotopic (exact) mass is 464 g/mol. The van der Waals surface area contributed by atoms with Gasteiger partial charge in [0.15, 0.2) is 0 Å². The third kappa shape index (κ3) is 6.88. The average Bonchev–Trinajstić information content (AvgIpc) is 3.33. The normalized spacial score (nSPS) is 14.4. The number of thioether (sulfide) groups is 1. The number of hydrogen-bond acceptors (Lipinski definition) is 6. The molecule has 168 valence electrons. The second kappa shape index (κ2) is 11.4. The minimum atomic E-state index is -3.41. The van der Waals surface area contributed by atoms with Gasteiger partial charge < -0.3 is 14.8 Å². The predicted octanol–water partition coefficient (Wildman–Crippen LogP) is 2.91. The highest BCUT2D eigenvalue weighted by Crippen LogP contribution is 2.23. The fraction of sp³-hybridized carbons (Fsp3) is 0.409. The molecule has 3 rings (SSSR count). The number of nitrogens with one attached hydrogen (secondary N) is 1. The van der Waals surface area contributed by atoms with Gasteiger partial charge in [0.05, 0.1) is 24.3 Å². The van der Waals surface area contributed by atoms with E-state index in [2.05, 4.69) is 5.32 Å². The second-order valence-corrected chi connectivity index (χ2v) is 10.0. The van der Waals surface area contributed by atoms with Crippen molar-refractivity contribution in [3.63, 3.8) is 0 Å². The van der Waals surface area contributed by atoms with E-state index in [1.807, 2.05) is 24.3 Å². The SMILES string of the molecule is COc1ccc(CSCC(=O)NCCOc2ccc(S(=O)(=O)N3CCCC3)cc2)cc1. The van der Waals surface area contributed by atoms with Crippen LogP contribution in [-0.4, -0.2) is 57.7 Å². The molecule has 2 aromatic rings. The Morgan fingerprint density at radius 2 is 1.68 bits per heavy atom. The van der Waals surface area contributed by atoms with Gasteiger partial charge >= 0.3 is 0 Å². The highest BCUT2D eigenvalue weighted by atomic mass is 32.2. The van der Waals surface area contributed by atoms with Gasteiger partial charge in [0.25, 0.3) is 0 Å². The Morgan fingerprint density at radius 3 is 2.32 bits per heavy atom. The lowest BCUT2D eigenvalue weighted by Crippen LogP contribution is -2.29. The summed E-state index contributed by atoms with van der Waals surface area (Å²) >= 11 is 1.54. The molecule has 7 nitrogen and oxygen atoms in total. The van der Waals surface area contributed by atoms with Crippen molar-refractivity contribution >= 4 is 27.7 Å². The summed E-state index contributed by atoms with van der Waals surface area (Å²) in [5.41, 5.74) is 1.14. The van der Waals surface area contributed by atoms with Crippen molar-refractivity contribution in [2.24, 2.45) is 0 Å². The fourth-order valence-electron chi connectivity index (χ4n) is 3.18. The van der Waals surface area contributed by atoms with Crippen molar-refractivity contribution in [2.75, 3.05) is 39.1 Å². The maximum Gasteiger partial charge on any atom is 0.243 e. The molecule has 1 heterocycles. The number of ether oxygens (including phenoxy) is 2. The minimum absolute atomic E-state index is 0.0471. The van der Waals surface area contributed by atoms with E-state index in [0.29, 0.717) is 37.7 Å². The van der Waals surface area contributed by atoms with Crippen LogP contribution in [0.15, 0.2) is 53.4 Å². The zero-order chi connectivity index (χ0) is 22.1. The smallest absolute Gasteiger partial charge is 0.243 e. The van der Waals surface area contributed by atoms with Gasteiger partial charge in [-0.1, -0.05) is 12.1 Å². The van der Waals surface area contributed by atoms with Crippen molar-refractivity contribution in [2.45, 2.75) is 23.5 Å². The summed E-state index contributed by atoms with van der Waals surface area (Å²) in [7, 11) is -1.78. The molecule has 1 aliphatic heterocycles. The molecule has 1 fully saturated rings. The molecule has 1 N–H and O–H groups in total. The summed E-state index contributed by atoms with van der Waals surface area (Å²) in [5, 5.41) is 2.82. The number of carbonyl (C=O) groups is 1. The van der Waals surface area contributed by atoms with Gasteiger partial charge in [-0.15, -0.1) is 11.8 Å². The first-order chi connectivity index (χ1) is 15.0.